The highest BCUT2D eigenvalue weighted by molar-refractivity contribution is 5.89. The smallest absolute Gasteiger partial charge is 0.321 e. The van der Waals surface area contributed by atoms with Gasteiger partial charge >= 0.3 is 6.03 Å². The maximum atomic E-state index is 12.3. The lowest BCUT2D eigenvalue weighted by Gasteiger charge is -2.24. The molecule has 0 aliphatic carbocycles. The minimum absolute atomic E-state index is 0.00266. The van der Waals surface area contributed by atoms with Crippen molar-refractivity contribution in [1.82, 2.24) is 20.4 Å². The first-order valence-electron chi connectivity index (χ1n) is 10.5. The molecule has 2 heterocycles. The number of anilines is 1. The Morgan fingerprint density at radius 1 is 1.18 bits per heavy atom. The van der Waals surface area contributed by atoms with Crippen LogP contribution in [0.1, 0.15) is 38.2 Å². The third-order valence-electron chi connectivity index (χ3n) is 5.67. The van der Waals surface area contributed by atoms with Gasteiger partial charge in [-0.1, -0.05) is 19.1 Å². The first-order chi connectivity index (χ1) is 13.7. The average Bonchev–Trinajstić information content (AvgIpc) is 3.40. The Balaban J connectivity index is 1.47. The van der Waals surface area contributed by atoms with Crippen LogP contribution in [0.15, 0.2) is 29.3 Å². The molecule has 1 aromatic carbocycles. The third-order valence-corrected chi connectivity index (χ3v) is 5.67. The summed E-state index contributed by atoms with van der Waals surface area (Å²) in [6, 6.07) is 8.57. The first-order valence-corrected chi connectivity index (χ1v) is 10.5. The predicted molar refractivity (Wildman–Crippen MR) is 115 cm³/mol. The van der Waals surface area contributed by atoms with Gasteiger partial charge < -0.3 is 20.9 Å². The minimum atomic E-state index is -0.00266. The normalized spacial score (nSPS) is 20.4. The van der Waals surface area contributed by atoms with Crippen molar-refractivity contribution in [3.63, 3.8) is 0 Å². The van der Waals surface area contributed by atoms with Crippen molar-refractivity contribution in [2.24, 2.45) is 4.99 Å². The van der Waals surface area contributed by atoms with Crippen LogP contribution in [0, 0.1) is 0 Å². The lowest BCUT2D eigenvalue weighted by molar-refractivity contribution is 0.222. The van der Waals surface area contributed by atoms with Crippen LogP contribution in [-0.2, 0) is 6.54 Å². The number of hydrogen-bond acceptors (Lipinski definition) is 3. The van der Waals surface area contributed by atoms with E-state index < -0.39 is 0 Å². The van der Waals surface area contributed by atoms with Crippen LogP contribution in [0.2, 0.25) is 0 Å². The van der Waals surface area contributed by atoms with Gasteiger partial charge in [-0.2, -0.15) is 0 Å². The monoisotopic (exact) mass is 386 g/mol. The third kappa shape index (κ3) is 5.61. The highest BCUT2D eigenvalue weighted by atomic mass is 16.2. The lowest BCUT2D eigenvalue weighted by atomic mass is 10.2. The number of carbonyl (C=O) groups excluding carboxylic acids is 1. The Hall–Kier alpha value is -2.28. The zero-order valence-electron chi connectivity index (χ0n) is 17.2. The SMILES string of the molecule is CCN1CCCC1CNC(=NC)NCc1cccc(NC(=O)N2CCCC2)c1. The molecule has 1 unspecified atom stereocenters. The topological polar surface area (TPSA) is 72.0 Å². The molecule has 2 amide bonds. The largest absolute Gasteiger partial charge is 0.355 e. The van der Waals surface area contributed by atoms with E-state index in [4.69, 9.17) is 0 Å². The molecule has 0 bridgehead atoms. The van der Waals surface area contributed by atoms with Crippen molar-refractivity contribution < 1.29 is 4.79 Å². The molecule has 7 heteroatoms. The fraction of sp³-hybridized carbons (Fsp3) is 0.619. The summed E-state index contributed by atoms with van der Waals surface area (Å²) in [5.74, 6) is 0.814. The van der Waals surface area contributed by atoms with Crippen LogP contribution in [0.25, 0.3) is 0 Å². The van der Waals surface area contributed by atoms with Gasteiger partial charge in [0.2, 0.25) is 0 Å². The maximum Gasteiger partial charge on any atom is 0.321 e. The van der Waals surface area contributed by atoms with Gasteiger partial charge in [0.15, 0.2) is 5.96 Å². The van der Waals surface area contributed by atoms with Gasteiger partial charge in [-0.25, -0.2) is 4.79 Å². The Bertz CT molecular complexity index is 671. The summed E-state index contributed by atoms with van der Waals surface area (Å²) >= 11 is 0. The summed E-state index contributed by atoms with van der Waals surface area (Å²) in [4.78, 5) is 21.0. The van der Waals surface area contributed by atoms with E-state index in [0.717, 1.165) is 56.2 Å². The first kappa shape index (κ1) is 20.5. The fourth-order valence-corrected chi connectivity index (χ4v) is 4.05. The molecule has 1 atom stereocenters. The van der Waals surface area contributed by atoms with Crippen molar-refractivity contribution in [3.05, 3.63) is 29.8 Å². The Labute approximate surface area is 168 Å². The second kappa shape index (κ2) is 10.3. The molecule has 2 fully saturated rings. The number of carbonyl (C=O) groups is 1. The molecule has 0 radical (unpaired) electrons. The van der Waals surface area contributed by atoms with Crippen molar-refractivity contribution in [2.45, 2.75) is 45.2 Å². The molecule has 28 heavy (non-hydrogen) atoms. The maximum absolute atomic E-state index is 12.3. The van der Waals surface area contributed by atoms with Crippen molar-refractivity contribution in [3.8, 4) is 0 Å². The van der Waals surface area contributed by atoms with Crippen LogP contribution in [0.3, 0.4) is 0 Å². The summed E-state index contributed by atoms with van der Waals surface area (Å²) in [6.45, 7) is 7.81. The molecule has 0 aromatic heterocycles. The standard InChI is InChI=1S/C21H34N6O/c1-3-26-13-7-10-19(26)16-24-20(22-2)23-15-17-8-6-9-18(14-17)25-21(28)27-11-4-5-12-27/h6,8-9,14,19H,3-5,7,10-13,15-16H2,1-2H3,(H,25,28)(H2,22,23,24). The average molecular weight is 387 g/mol. The quantitative estimate of drug-likeness (QED) is 0.519. The van der Waals surface area contributed by atoms with Crippen molar-refractivity contribution >= 4 is 17.7 Å². The number of hydrogen-bond donors (Lipinski definition) is 3. The van der Waals surface area contributed by atoms with Gasteiger partial charge in [-0.05, 0) is 56.5 Å². The number of likely N-dealkylation sites (N-methyl/N-ethyl adjacent to an activating group) is 1. The molecule has 2 aliphatic rings. The Kier molecular flexibility index (Phi) is 7.54. The van der Waals surface area contributed by atoms with Crippen molar-refractivity contribution in [1.29, 1.82) is 0 Å². The zero-order valence-corrected chi connectivity index (χ0v) is 17.2. The lowest BCUT2D eigenvalue weighted by Crippen LogP contribution is -2.44. The molecule has 0 saturated carbocycles. The highest BCUT2D eigenvalue weighted by Crippen LogP contribution is 2.16. The summed E-state index contributed by atoms with van der Waals surface area (Å²) < 4.78 is 0. The van der Waals surface area contributed by atoms with Gasteiger partial charge in [0.25, 0.3) is 0 Å². The molecule has 1 aromatic rings. The molecule has 0 spiro atoms. The van der Waals surface area contributed by atoms with Crippen LogP contribution < -0.4 is 16.0 Å². The van der Waals surface area contributed by atoms with E-state index in [9.17, 15) is 4.79 Å². The summed E-state index contributed by atoms with van der Waals surface area (Å²) in [7, 11) is 1.80. The molecule has 2 saturated heterocycles. The molecular formula is C21H34N6O. The predicted octanol–water partition coefficient (Wildman–Crippen LogP) is 2.46. The number of amides is 2. The molecule has 154 valence electrons. The zero-order chi connectivity index (χ0) is 19.8. The summed E-state index contributed by atoms with van der Waals surface area (Å²) in [5, 5.41) is 9.83. The van der Waals surface area contributed by atoms with E-state index in [1.807, 2.05) is 23.1 Å². The molecule has 7 nitrogen and oxygen atoms in total. The summed E-state index contributed by atoms with van der Waals surface area (Å²) in [5.41, 5.74) is 1.95. The number of aliphatic imine (C=N–C) groups is 1. The van der Waals surface area contributed by atoms with Crippen LogP contribution >= 0.6 is 0 Å². The number of likely N-dealkylation sites (tertiary alicyclic amines) is 2. The highest BCUT2D eigenvalue weighted by Gasteiger charge is 2.22. The van der Waals surface area contributed by atoms with E-state index in [-0.39, 0.29) is 6.03 Å². The molecule has 3 N–H and O–H groups in total. The second-order valence-electron chi connectivity index (χ2n) is 7.56. The number of rotatable bonds is 6. The van der Waals surface area contributed by atoms with Crippen LogP contribution in [0.4, 0.5) is 10.5 Å². The Morgan fingerprint density at radius 2 is 2.00 bits per heavy atom. The molecule has 3 rings (SSSR count). The van der Waals surface area contributed by atoms with E-state index in [1.54, 1.807) is 7.05 Å². The van der Waals surface area contributed by atoms with Crippen LogP contribution in [0.5, 0.6) is 0 Å². The number of guanidine groups is 1. The minimum Gasteiger partial charge on any atom is -0.355 e. The van der Waals surface area contributed by atoms with Gasteiger partial charge in [-0.3, -0.25) is 9.89 Å². The van der Waals surface area contributed by atoms with E-state index in [0.29, 0.717) is 12.6 Å². The van der Waals surface area contributed by atoms with E-state index >= 15 is 0 Å². The number of urea groups is 1. The fourth-order valence-electron chi connectivity index (χ4n) is 4.05. The Morgan fingerprint density at radius 3 is 2.75 bits per heavy atom. The van der Waals surface area contributed by atoms with Gasteiger partial charge in [-0.15, -0.1) is 0 Å². The van der Waals surface area contributed by atoms with E-state index in [1.165, 1.54) is 19.4 Å². The number of benzene rings is 1. The van der Waals surface area contributed by atoms with Gasteiger partial charge in [0, 0.05) is 45.0 Å². The number of nitrogens with zero attached hydrogens (tertiary/aromatic N) is 3. The van der Waals surface area contributed by atoms with Crippen molar-refractivity contribution in [2.75, 3.05) is 45.1 Å². The van der Waals surface area contributed by atoms with E-state index in [2.05, 4.69) is 38.8 Å². The second-order valence-corrected chi connectivity index (χ2v) is 7.56. The van der Waals surface area contributed by atoms with Gasteiger partial charge in [0.1, 0.15) is 0 Å². The molecular weight excluding hydrogens is 352 g/mol. The molecule has 2 aliphatic heterocycles. The number of nitrogens with one attached hydrogen (secondary N) is 3. The van der Waals surface area contributed by atoms with Crippen LogP contribution in [-0.4, -0.2) is 67.6 Å². The van der Waals surface area contributed by atoms with Gasteiger partial charge in [0.05, 0.1) is 0 Å². The summed E-state index contributed by atoms with van der Waals surface area (Å²) in [6.07, 6.45) is 4.72.